The van der Waals surface area contributed by atoms with E-state index in [1.165, 1.54) is 11.9 Å². The first-order chi connectivity index (χ1) is 9.08. The number of carbonyl (C=O) groups excluding carboxylic acids is 1. The van der Waals surface area contributed by atoms with Crippen molar-refractivity contribution in [1.29, 1.82) is 0 Å². The Bertz CT molecular complexity index is 338. The van der Waals surface area contributed by atoms with Crippen molar-refractivity contribution in [2.24, 2.45) is 10.9 Å². The van der Waals surface area contributed by atoms with E-state index in [2.05, 4.69) is 5.16 Å². The second-order valence-corrected chi connectivity index (χ2v) is 5.52. The lowest BCUT2D eigenvalue weighted by Gasteiger charge is -2.29. The zero-order valence-electron chi connectivity index (χ0n) is 12.7. The maximum atomic E-state index is 11.9. The maximum absolute atomic E-state index is 11.9. The van der Waals surface area contributed by atoms with Crippen molar-refractivity contribution in [1.82, 2.24) is 4.90 Å². The Kier molecular flexibility index (Phi) is 7.30. The van der Waals surface area contributed by atoms with Gasteiger partial charge in [0.1, 0.15) is 11.6 Å². The smallest absolute Gasteiger partial charge is 0.410 e. The van der Waals surface area contributed by atoms with Crippen LogP contribution in [-0.2, 0) is 9.47 Å². The van der Waals surface area contributed by atoms with Crippen molar-refractivity contribution < 1.29 is 24.6 Å². The topological polar surface area (TPSA) is 118 Å². The lowest BCUT2D eigenvalue weighted by Crippen LogP contribution is -2.50. The highest BCUT2D eigenvalue weighted by molar-refractivity contribution is 5.88. The number of rotatable bonds is 6. The summed E-state index contributed by atoms with van der Waals surface area (Å²) in [6.45, 7) is 6.84. The van der Waals surface area contributed by atoms with Gasteiger partial charge >= 0.3 is 6.09 Å². The van der Waals surface area contributed by atoms with Crippen LogP contribution in [0.15, 0.2) is 5.16 Å². The van der Waals surface area contributed by atoms with E-state index in [0.717, 1.165) is 0 Å². The van der Waals surface area contributed by atoms with Crippen molar-refractivity contribution in [3.8, 4) is 0 Å². The summed E-state index contributed by atoms with van der Waals surface area (Å²) < 4.78 is 10.4. The van der Waals surface area contributed by atoms with Gasteiger partial charge in [-0.15, -0.1) is 0 Å². The number of hydrogen-bond acceptors (Lipinski definition) is 6. The zero-order valence-corrected chi connectivity index (χ0v) is 12.7. The fourth-order valence-corrected chi connectivity index (χ4v) is 1.27. The normalized spacial score (nSPS) is 15.6. The molecule has 0 aromatic rings. The highest BCUT2D eigenvalue weighted by atomic mass is 16.6. The Labute approximate surface area is 119 Å². The summed E-state index contributed by atoms with van der Waals surface area (Å²) >= 11 is 0. The quantitative estimate of drug-likeness (QED) is 0.281. The molecule has 2 unspecified atom stereocenters. The van der Waals surface area contributed by atoms with Gasteiger partial charge in [-0.2, -0.15) is 0 Å². The maximum Gasteiger partial charge on any atom is 0.410 e. The van der Waals surface area contributed by atoms with E-state index in [1.54, 1.807) is 27.7 Å². The van der Waals surface area contributed by atoms with Gasteiger partial charge in [0.25, 0.3) is 0 Å². The van der Waals surface area contributed by atoms with E-state index in [0.29, 0.717) is 0 Å². The van der Waals surface area contributed by atoms with Crippen LogP contribution >= 0.6 is 0 Å². The third kappa shape index (κ3) is 7.15. The average Bonchev–Trinajstić information content (AvgIpc) is 2.30. The minimum Gasteiger partial charge on any atom is -0.444 e. The molecule has 0 aromatic heterocycles. The zero-order chi connectivity index (χ0) is 15.9. The van der Waals surface area contributed by atoms with Crippen LogP contribution in [0.2, 0.25) is 0 Å². The monoisotopic (exact) mass is 291 g/mol. The Hall–Kier alpha value is -1.54. The van der Waals surface area contributed by atoms with Gasteiger partial charge in [0.15, 0.2) is 5.84 Å². The molecule has 0 aromatic carbocycles. The fourth-order valence-electron chi connectivity index (χ4n) is 1.27. The predicted octanol–water partition coefficient (Wildman–Crippen LogP) is 0.366. The van der Waals surface area contributed by atoms with Crippen LogP contribution in [0.25, 0.3) is 0 Å². The van der Waals surface area contributed by atoms with Crippen LogP contribution in [0.3, 0.4) is 0 Å². The molecule has 20 heavy (non-hydrogen) atoms. The van der Waals surface area contributed by atoms with Gasteiger partial charge < -0.3 is 25.5 Å². The van der Waals surface area contributed by atoms with Crippen LogP contribution in [0.1, 0.15) is 27.7 Å². The van der Waals surface area contributed by atoms with Crippen LogP contribution in [0.4, 0.5) is 4.79 Å². The molecule has 0 spiro atoms. The van der Waals surface area contributed by atoms with Crippen molar-refractivity contribution in [3.05, 3.63) is 0 Å². The minimum absolute atomic E-state index is 0.0173. The van der Waals surface area contributed by atoms with Gasteiger partial charge in [0, 0.05) is 7.05 Å². The molecule has 0 fully saturated rings. The number of amides is 1. The van der Waals surface area contributed by atoms with E-state index in [4.69, 9.17) is 25.5 Å². The number of carbonyl (C=O) groups is 1. The van der Waals surface area contributed by atoms with E-state index in [-0.39, 0.29) is 19.0 Å². The number of nitrogens with two attached hydrogens (primary N) is 1. The van der Waals surface area contributed by atoms with E-state index >= 15 is 0 Å². The molecular weight excluding hydrogens is 266 g/mol. The number of hydrogen-bond donors (Lipinski definition) is 3. The summed E-state index contributed by atoms with van der Waals surface area (Å²) in [4.78, 5) is 13.1. The number of aliphatic hydroxyl groups is 1. The fraction of sp³-hybridized carbons (Fsp3) is 0.833. The molecule has 1 amide bonds. The van der Waals surface area contributed by atoms with Crippen LogP contribution < -0.4 is 5.73 Å². The molecule has 0 aliphatic carbocycles. The molecule has 0 saturated carbocycles. The first-order valence-electron chi connectivity index (χ1n) is 6.27. The summed E-state index contributed by atoms with van der Waals surface area (Å²) in [6.07, 6.45) is -1.26. The Morgan fingerprint density at radius 2 is 1.95 bits per heavy atom. The van der Waals surface area contributed by atoms with Gasteiger partial charge in [-0.1, -0.05) is 5.16 Å². The lowest BCUT2D eigenvalue weighted by atomic mass is 10.2. The Balaban J connectivity index is 4.73. The molecule has 0 bridgehead atoms. The molecule has 0 radical (unpaired) electrons. The number of ether oxygens (including phenoxy) is 2. The summed E-state index contributed by atoms with van der Waals surface area (Å²) in [5.41, 5.74) is 4.89. The second kappa shape index (κ2) is 7.91. The molecule has 0 rings (SSSR count). The van der Waals surface area contributed by atoms with Gasteiger partial charge in [-0.25, -0.2) is 4.79 Å². The standard InChI is InChI=1S/C12H25N3O5/c1-8(16)6-19-7-9(10(13)14-18)15(5)11(17)20-12(2,3)4/h8-9,16,18H,6-7H2,1-5H3,(H2,13,14). The summed E-state index contributed by atoms with van der Waals surface area (Å²) in [6, 6.07) is -0.784. The Morgan fingerprint density at radius 1 is 1.40 bits per heavy atom. The lowest BCUT2D eigenvalue weighted by molar-refractivity contribution is 0.00566. The first kappa shape index (κ1) is 18.5. The number of aliphatic hydroxyl groups excluding tert-OH is 1. The van der Waals surface area contributed by atoms with Gasteiger partial charge in [-0.3, -0.25) is 4.90 Å². The van der Waals surface area contributed by atoms with Crippen molar-refractivity contribution in [3.63, 3.8) is 0 Å². The SMILES string of the molecule is CC(O)COCC(/C(N)=N/O)N(C)C(=O)OC(C)(C)C. The molecule has 2 atom stereocenters. The highest BCUT2D eigenvalue weighted by Crippen LogP contribution is 2.11. The van der Waals surface area contributed by atoms with Gasteiger partial charge in [0.2, 0.25) is 0 Å². The number of oxime groups is 1. The molecule has 118 valence electrons. The Morgan fingerprint density at radius 3 is 2.35 bits per heavy atom. The van der Waals surface area contributed by atoms with E-state index < -0.39 is 23.8 Å². The predicted molar refractivity (Wildman–Crippen MR) is 73.7 cm³/mol. The minimum atomic E-state index is -0.784. The van der Waals surface area contributed by atoms with Gasteiger partial charge in [0.05, 0.1) is 19.3 Å². The molecule has 0 aliphatic heterocycles. The average molecular weight is 291 g/mol. The van der Waals surface area contributed by atoms with Crippen molar-refractivity contribution in [2.75, 3.05) is 20.3 Å². The van der Waals surface area contributed by atoms with Gasteiger partial charge in [-0.05, 0) is 27.7 Å². The summed E-state index contributed by atoms with van der Waals surface area (Å²) in [7, 11) is 1.46. The number of amidine groups is 1. The number of nitrogens with zero attached hydrogens (tertiary/aromatic N) is 2. The van der Waals surface area contributed by atoms with Crippen molar-refractivity contribution >= 4 is 11.9 Å². The molecular formula is C12H25N3O5. The van der Waals surface area contributed by atoms with E-state index in [9.17, 15) is 4.79 Å². The molecule has 8 nitrogen and oxygen atoms in total. The third-order valence-electron chi connectivity index (χ3n) is 2.24. The van der Waals surface area contributed by atoms with Crippen LogP contribution in [0.5, 0.6) is 0 Å². The molecule has 0 aliphatic rings. The largest absolute Gasteiger partial charge is 0.444 e. The highest BCUT2D eigenvalue weighted by Gasteiger charge is 2.28. The summed E-state index contributed by atoms with van der Waals surface area (Å²) in [5.74, 6) is -0.177. The third-order valence-corrected chi connectivity index (χ3v) is 2.24. The first-order valence-corrected chi connectivity index (χ1v) is 6.27. The molecule has 0 heterocycles. The summed E-state index contributed by atoms with van der Waals surface area (Å²) in [5, 5.41) is 20.8. The molecule has 0 saturated heterocycles. The van der Waals surface area contributed by atoms with Crippen LogP contribution in [0, 0.1) is 0 Å². The molecule has 4 N–H and O–H groups in total. The number of likely N-dealkylation sites (N-methyl/N-ethyl adjacent to an activating group) is 1. The second-order valence-electron chi connectivity index (χ2n) is 5.52. The van der Waals surface area contributed by atoms with Crippen LogP contribution in [-0.4, -0.2) is 65.2 Å². The van der Waals surface area contributed by atoms with E-state index in [1.807, 2.05) is 0 Å². The van der Waals surface area contributed by atoms with Crippen molar-refractivity contribution in [2.45, 2.75) is 45.4 Å². The molecule has 8 heteroatoms.